The molecular weight excluding hydrogens is 160 g/mol. The van der Waals surface area contributed by atoms with Crippen molar-refractivity contribution in [2.75, 3.05) is 0 Å². The number of rotatable bonds is 5. The number of carbonyl (C=O) groups excluding carboxylic acids is 2. The van der Waals surface area contributed by atoms with Gasteiger partial charge in [0.2, 0.25) is 11.8 Å². The van der Waals surface area contributed by atoms with Gasteiger partial charge in [-0.15, -0.1) is 0 Å². The molecule has 0 heterocycles. The van der Waals surface area contributed by atoms with E-state index in [0.717, 1.165) is 0 Å². The maximum atomic E-state index is 10.5. The van der Waals surface area contributed by atoms with Gasteiger partial charge in [-0.3, -0.25) is 9.59 Å². The highest BCUT2D eigenvalue weighted by Gasteiger charge is 2.01. The number of amides is 2. The number of primary amides is 2. The van der Waals surface area contributed by atoms with Gasteiger partial charge in [-0.05, 0) is 27.9 Å². The minimum Gasteiger partial charge on any atom is -0.370 e. The van der Waals surface area contributed by atoms with Crippen molar-refractivity contribution < 1.29 is 9.59 Å². The maximum Gasteiger partial charge on any atom is 0.239 e. The van der Waals surface area contributed by atoms with Crippen molar-refractivity contribution in [1.29, 1.82) is 0 Å². The fraction of sp³-hybridized carbons (Fsp3) is 0.500. The highest BCUT2D eigenvalue weighted by Crippen LogP contribution is 1.94. The Labute approximate surface area is 68.0 Å². The lowest BCUT2D eigenvalue weighted by atomic mass is 10.2. The Morgan fingerprint density at radius 2 is 1.73 bits per heavy atom. The van der Waals surface area contributed by atoms with Crippen molar-refractivity contribution in [2.24, 2.45) is 11.5 Å². The normalized spacial score (nSPS) is 9.09. The summed E-state index contributed by atoms with van der Waals surface area (Å²) in [5.74, 6) is -0.738. The molecule has 0 radical (unpaired) electrons. The smallest absolute Gasteiger partial charge is 0.239 e. The summed E-state index contributed by atoms with van der Waals surface area (Å²) in [5.41, 5.74) is 9.86. The predicted octanol–water partition coefficient (Wildman–Crippen LogP) is -2.07. The van der Waals surface area contributed by atoms with Crippen molar-refractivity contribution in [1.82, 2.24) is 0 Å². The Balaban J connectivity index is 3.47. The lowest BCUT2D eigenvalue weighted by Crippen LogP contribution is -2.23. The van der Waals surface area contributed by atoms with E-state index in [1.165, 1.54) is 9.85 Å². The monoisotopic (exact) mass is 172 g/mol. The van der Waals surface area contributed by atoms with Crippen LogP contribution in [0.5, 0.6) is 0 Å². The Kier molecular flexibility index (Phi) is 4.36. The second-order valence-electron chi connectivity index (χ2n) is 2.29. The molecule has 0 rings (SSSR count). The van der Waals surface area contributed by atoms with Gasteiger partial charge in [-0.1, -0.05) is 0 Å². The Bertz CT molecular complexity index is 191. The summed E-state index contributed by atoms with van der Waals surface area (Å²) in [4.78, 5) is 20.7. The molecule has 0 aliphatic heterocycles. The van der Waals surface area contributed by atoms with Crippen LogP contribution in [0, 0.1) is 0 Å². The summed E-state index contributed by atoms with van der Waals surface area (Å²) in [6.07, 6.45) is 1.49. The first-order chi connectivity index (χ1) is 5.04. The fourth-order valence-corrected chi connectivity index (χ4v) is 0.849. The first-order valence-corrected chi connectivity index (χ1v) is 4.00. The van der Waals surface area contributed by atoms with Crippen LogP contribution in [0.15, 0.2) is 0 Å². The first-order valence-electron chi connectivity index (χ1n) is 3.30. The molecule has 0 aliphatic carbocycles. The van der Waals surface area contributed by atoms with Crippen LogP contribution in [0.1, 0.15) is 19.3 Å². The van der Waals surface area contributed by atoms with Gasteiger partial charge in [-0.25, -0.2) is 0 Å². The third-order valence-corrected chi connectivity index (χ3v) is 1.95. The first kappa shape index (κ1) is 10.0. The molecule has 0 spiro atoms. The summed E-state index contributed by atoms with van der Waals surface area (Å²) in [6, 6.07) is 0. The summed E-state index contributed by atoms with van der Waals surface area (Å²) in [6.45, 7) is 0. The SMILES string of the molecule is NC(=O)CCCC(=[SiH2])C(N)=O. The molecule has 2 amide bonds. The molecule has 0 fully saturated rings. The highest BCUT2D eigenvalue weighted by atomic mass is 28.1. The van der Waals surface area contributed by atoms with Gasteiger partial charge in [0.25, 0.3) is 0 Å². The standard InChI is InChI=1S/C6H12N2O2Si/c7-5(9)3-1-2-4(11)6(8)10/h1-3,11H2,(H2,7,9)(H2,8,10). The quantitative estimate of drug-likeness (QED) is 0.467. The van der Waals surface area contributed by atoms with Crippen molar-refractivity contribution in [2.45, 2.75) is 19.3 Å². The fourth-order valence-electron chi connectivity index (χ4n) is 0.599. The van der Waals surface area contributed by atoms with Crippen molar-refractivity contribution >= 4 is 26.8 Å². The van der Waals surface area contributed by atoms with E-state index < -0.39 is 5.91 Å². The van der Waals surface area contributed by atoms with Gasteiger partial charge in [0, 0.05) is 6.42 Å². The van der Waals surface area contributed by atoms with Gasteiger partial charge in [0.1, 0.15) is 0 Å². The van der Waals surface area contributed by atoms with E-state index in [2.05, 4.69) is 0 Å². The molecule has 0 saturated heterocycles. The van der Waals surface area contributed by atoms with E-state index in [-0.39, 0.29) is 5.91 Å². The van der Waals surface area contributed by atoms with Gasteiger partial charge in [0.05, 0.1) is 0 Å². The molecule has 0 saturated carbocycles. The molecular formula is C6H12N2O2Si. The van der Waals surface area contributed by atoms with Crippen LogP contribution in [-0.4, -0.2) is 26.8 Å². The molecule has 0 aromatic heterocycles. The largest absolute Gasteiger partial charge is 0.370 e. The topological polar surface area (TPSA) is 86.2 Å². The molecule has 11 heavy (non-hydrogen) atoms. The van der Waals surface area contributed by atoms with Gasteiger partial charge < -0.3 is 11.5 Å². The minimum absolute atomic E-state index is 0.315. The lowest BCUT2D eigenvalue weighted by molar-refractivity contribution is -0.118. The maximum absolute atomic E-state index is 10.5. The van der Waals surface area contributed by atoms with Crippen LogP contribution in [0.3, 0.4) is 0 Å². The third-order valence-electron chi connectivity index (χ3n) is 1.25. The average Bonchev–Trinajstić information content (AvgIpc) is 1.86. The summed E-state index contributed by atoms with van der Waals surface area (Å²) >= 11 is 0. The van der Waals surface area contributed by atoms with Crippen LogP contribution in [-0.2, 0) is 9.59 Å². The van der Waals surface area contributed by atoms with Gasteiger partial charge in [-0.2, -0.15) is 0 Å². The van der Waals surface area contributed by atoms with E-state index in [1.54, 1.807) is 0 Å². The molecule has 0 aliphatic rings. The lowest BCUT2D eigenvalue weighted by Gasteiger charge is -1.98. The Hall–Kier alpha value is -0.973. The zero-order valence-corrected chi connectivity index (χ0v) is 7.71. The average molecular weight is 172 g/mol. The van der Waals surface area contributed by atoms with Crippen LogP contribution in [0.25, 0.3) is 0 Å². The molecule has 0 bridgehead atoms. The molecule has 0 aromatic rings. The zero-order valence-electron chi connectivity index (χ0n) is 6.30. The third kappa shape index (κ3) is 5.47. The van der Waals surface area contributed by atoms with Crippen LogP contribution < -0.4 is 11.5 Å². The van der Waals surface area contributed by atoms with Crippen molar-refractivity contribution in [3.05, 3.63) is 0 Å². The number of carbonyl (C=O) groups is 2. The predicted molar refractivity (Wildman–Crippen MR) is 45.8 cm³/mol. The molecule has 4 N–H and O–H groups in total. The van der Waals surface area contributed by atoms with E-state index in [1.807, 2.05) is 0 Å². The van der Waals surface area contributed by atoms with Crippen molar-refractivity contribution in [3.63, 3.8) is 0 Å². The molecule has 5 heteroatoms. The number of nitrogens with two attached hydrogens (primary N) is 2. The second-order valence-corrected chi connectivity index (χ2v) is 3.14. The van der Waals surface area contributed by atoms with Crippen LogP contribution in [0.2, 0.25) is 0 Å². The number of hydrogen-bond acceptors (Lipinski definition) is 2. The second kappa shape index (κ2) is 4.78. The van der Waals surface area contributed by atoms with E-state index in [0.29, 0.717) is 24.4 Å². The van der Waals surface area contributed by atoms with Gasteiger partial charge in [0.15, 0.2) is 0 Å². The molecule has 0 aromatic carbocycles. The van der Waals surface area contributed by atoms with E-state index in [4.69, 9.17) is 11.5 Å². The van der Waals surface area contributed by atoms with Crippen LogP contribution in [0.4, 0.5) is 0 Å². The number of hydrogen-bond donors (Lipinski definition) is 2. The van der Waals surface area contributed by atoms with Crippen molar-refractivity contribution in [3.8, 4) is 0 Å². The molecule has 62 valence electrons. The minimum atomic E-state index is -0.396. The summed E-state index contributed by atoms with van der Waals surface area (Å²) in [5, 5.41) is 0.617. The molecule has 0 unspecified atom stereocenters. The summed E-state index contributed by atoms with van der Waals surface area (Å²) in [7, 11) is 1.46. The Morgan fingerprint density at radius 3 is 2.09 bits per heavy atom. The van der Waals surface area contributed by atoms with E-state index in [9.17, 15) is 9.59 Å². The van der Waals surface area contributed by atoms with Crippen LogP contribution >= 0.6 is 0 Å². The van der Waals surface area contributed by atoms with Gasteiger partial charge >= 0.3 is 0 Å². The summed E-state index contributed by atoms with van der Waals surface area (Å²) < 4.78 is 0. The zero-order chi connectivity index (χ0) is 8.85. The Morgan fingerprint density at radius 1 is 1.18 bits per heavy atom. The van der Waals surface area contributed by atoms with E-state index >= 15 is 0 Å². The highest BCUT2D eigenvalue weighted by molar-refractivity contribution is 6.62. The molecule has 0 atom stereocenters. The molecule has 4 nitrogen and oxygen atoms in total.